The first-order chi connectivity index (χ1) is 16.3. The van der Waals surface area contributed by atoms with Gasteiger partial charge >= 0.3 is 11.9 Å². The molecule has 186 valence electrons. The molecule has 1 saturated heterocycles. The van der Waals surface area contributed by atoms with E-state index in [0.717, 1.165) is 17.8 Å². The number of aromatic carboxylic acids is 1. The van der Waals surface area contributed by atoms with Crippen LogP contribution in [-0.2, 0) is 15.9 Å². The number of anilines is 1. The number of carbonyl (C=O) groups excluding carboxylic acids is 2. The number of aromatic amines is 1. The van der Waals surface area contributed by atoms with Gasteiger partial charge in [-0.3, -0.25) is 4.79 Å². The zero-order chi connectivity index (χ0) is 24.8. The number of aryl methyl sites for hydroxylation is 1. The molecule has 0 saturated carbocycles. The number of imidazole rings is 1. The van der Waals surface area contributed by atoms with Crippen LogP contribution in [-0.4, -0.2) is 76.4 Å². The van der Waals surface area contributed by atoms with Crippen molar-refractivity contribution in [1.82, 2.24) is 20.3 Å². The second-order valence-electron chi connectivity index (χ2n) is 7.63. The van der Waals surface area contributed by atoms with Crippen LogP contribution in [0.1, 0.15) is 70.1 Å². The van der Waals surface area contributed by atoms with Gasteiger partial charge in [-0.05, 0) is 26.2 Å². The molecular weight excluding hydrogens is 486 g/mol. The van der Waals surface area contributed by atoms with E-state index in [1.807, 2.05) is 18.7 Å². The van der Waals surface area contributed by atoms with Crippen LogP contribution in [0.2, 0.25) is 5.15 Å². The predicted molar refractivity (Wildman–Crippen MR) is 126 cm³/mol. The number of esters is 1. The van der Waals surface area contributed by atoms with Crippen molar-refractivity contribution >= 4 is 45.9 Å². The summed E-state index contributed by atoms with van der Waals surface area (Å²) in [6.07, 6.45) is 1.56. The monoisotopic (exact) mass is 513 g/mol. The van der Waals surface area contributed by atoms with Gasteiger partial charge < -0.3 is 29.8 Å². The lowest BCUT2D eigenvalue weighted by atomic mass is 10.0. The standard InChI is InChI=1S/C21H28ClN5O6S/c1-4-9-33-13-10-27(21-25-14(19(29)30)15(34-21)20(31)32-6-3)8-7-12(13)24-18(28)17-23-11(5-2)16(22)26-17/h12-13H,4-10H2,1-3H3,(H,23,26)(H,24,28)(H,29,30). The lowest BCUT2D eigenvalue weighted by Crippen LogP contribution is -2.55. The quantitative estimate of drug-likeness (QED) is 0.408. The molecule has 1 aliphatic rings. The number of H-pyrrole nitrogens is 1. The van der Waals surface area contributed by atoms with Gasteiger partial charge in [0.15, 0.2) is 21.8 Å². The lowest BCUT2D eigenvalue weighted by Gasteiger charge is -2.38. The molecule has 3 heterocycles. The fourth-order valence-corrected chi connectivity index (χ4v) is 4.84. The highest BCUT2D eigenvalue weighted by atomic mass is 35.5. The molecule has 11 nitrogen and oxygen atoms in total. The summed E-state index contributed by atoms with van der Waals surface area (Å²) in [5.74, 6) is -2.25. The Hall–Kier alpha value is -2.70. The summed E-state index contributed by atoms with van der Waals surface area (Å²) >= 11 is 7.03. The van der Waals surface area contributed by atoms with Crippen LogP contribution in [0.5, 0.6) is 0 Å². The van der Waals surface area contributed by atoms with Crippen LogP contribution < -0.4 is 10.2 Å². The molecule has 2 aromatic heterocycles. The van der Waals surface area contributed by atoms with Gasteiger partial charge in [0.25, 0.3) is 5.91 Å². The summed E-state index contributed by atoms with van der Waals surface area (Å²) in [7, 11) is 0. The molecule has 2 atom stereocenters. The normalized spacial score (nSPS) is 18.1. The van der Waals surface area contributed by atoms with Crippen LogP contribution in [0, 0.1) is 0 Å². The highest BCUT2D eigenvalue weighted by molar-refractivity contribution is 7.17. The maximum atomic E-state index is 12.8. The fraction of sp³-hybridized carbons (Fsp3) is 0.571. The molecule has 13 heteroatoms. The minimum absolute atomic E-state index is 0.0489. The number of piperidine rings is 1. The predicted octanol–water partition coefficient (Wildman–Crippen LogP) is 2.76. The van der Waals surface area contributed by atoms with Gasteiger partial charge in [0.05, 0.1) is 24.4 Å². The van der Waals surface area contributed by atoms with Gasteiger partial charge in [-0.15, -0.1) is 0 Å². The lowest BCUT2D eigenvalue weighted by molar-refractivity contribution is 0.0204. The van der Waals surface area contributed by atoms with E-state index in [-0.39, 0.29) is 46.2 Å². The molecule has 0 aliphatic carbocycles. The van der Waals surface area contributed by atoms with E-state index in [1.165, 1.54) is 0 Å². The van der Waals surface area contributed by atoms with Crippen LogP contribution in [0.25, 0.3) is 0 Å². The average molecular weight is 514 g/mol. The van der Waals surface area contributed by atoms with Crippen molar-refractivity contribution in [1.29, 1.82) is 0 Å². The first-order valence-electron chi connectivity index (χ1n) is 11.1. The minimum Gasteiger partial charge on any atom is -0.476 e. The molecule has 0 aromatic carbocycles. The second-order valence-corrected chi connectivity index (χ2v) is 8.97. The van der Waals surface area contributed by atoms with E-state index in [0.29, 0.717) is 43.4 Å². The van der Waals surface area contributed by atoms with Crippen molar-refractivity contribution in [2.45, 2.75) is 52.2 Å². The van der Waals surface area contributed by atoms with Gasteiger partial charge in [0.2, 0.25) is 0 Å². The van der Waals surface area contributed by atoms with Crippen LogP contribution in [0.4, 0.5) is 5.13 Å². The molecule has 2 aromatic rings. The third kappa shape index (κ3) is 5.86. The van der Waals surface area contributed by atoms with Crippen molar-refractivity contribution in [3.8, 4) is 0 Å². The molecule has 2 unspecified atom stereocenters. The van der Waals surface area contributed by atoms with Crippen molar-refractivity contribution < 1.29 is 29.0 Å². The Morgan fingerprint density at radius 2 is 2.06 bits per heavy atom. The molecule has 1 fully saturated rings. The van der Waals surface area contributed by atoms with Gasteiger partial charge in [-0.25, -0.2) is 19.6 Å². The number of amides is 1. The maximum Gasteiger partial charge on any atom is 0.356 e. The molecule has 34 heavy (non-hydrogen) atoms. The number of hydrogen-bond acceptors (Lipinski definition) is 9. The van der Waals surface area contributed by atoms with Crippen molar-refractivity contribution in [3.05, 3.63) is 27.2 Å². The van der Waals surface area contributed by atoms with Gasteiger partial charge in [-0.1, -0.05) is 36.8 Å². The highest BCUT2D eigenvalue weighted by Gasteiger charge is 2.35. The third-order valence-electron chi connectivity index (χ3n) is 5.26. The van der Waals surface area contributed by atoms with E-state index in [9.17, 15) is 19.5 Å². The average Bonchev–Trinajstić information content (AvgIpc) is 3.42. The number of halogens is 1. The molecule has 3 rings (SSSR count). The molecule has 1 aliphatic heterocycles. The Kier molecular flexibility index (Phi) is 8.86. The summed E-state index contributed by atoms with van der Waals surface area (Å²) in [5, 5.41) is 13.1. The number of thiazole rings is 1. The Morgan fingerprint density at radius 1 is 1.29 bits per heavy atom. The number of rotatable bonds is 10. The van der Waals surface area contributed by atoms with Crippen molar-refractivity contribution in [2.24, 2.45) is 0 Å². The van der Waals surface area contributed by atoms with Gasteiger partial charge in [0, 0.05) is 19.7 Å². The van der Waals surface area contributed by atoms with E-state index in [1.54, 1.807) is 6.92 Å². The van der Waals surface area contributed by atoms with E-state index >= 15 is 0 Å². The first kappa shape index (κ1) is 25.9. The Labute approximate surface area is 205 Å². The van der Waals surface area contributed by atoms with Crippen LogP contribution in [0.3, 0.4) is 0 Å². The fourth-order valence-electron chi connectivity index (χ4n) is 3.58. The number of nitrogens with zero attached hydrogens (tertiary/aromatic N) is 3. The zero-order valence-electron chi connectivity index (χ0n) is 19.2. The molecule has 3 N–H and O–H groups in total. The Morgan fingerprint density at radius 3 is 2.68 bits per heavy atom. The van der Waals surface area contributed by atoms with Crippen LogP contribution >= 0.6 is 22.9 Å². The molecular formula is C21H28ClN5O6S. The summed E-state index contributed by atoms with van der Waals surface area (Å²) in [5.41, 5.74) is 0.358. The van der Waals surface area contributed by atoms with Gasteiger partial charge in [-0.2, -0.15) is 0 Å². The molecule has 1 amide bonds. The molecule has 0 radical (unpaired) electrons. The summed E-state index contributed by atoms with van der Waals surface area (Å²) in [6, 6.07) is -0.298. The summed E-state index contributed by atoms with van der Waals surface area (Å²) in [4.78, 5) is 49.6. The number of ether oxygens (including phenoxy) is 2. The second kappa shape index (κ2) is 11.6. The largest absolute Gasteiger partial charge is 0.476 e. The van der Waals surface area contributed by atoms with Gasteiger partial charge in [0.1, 0.15) is 4.88 Å². The number of carboxylic acid groups (broad SMARTS) is 1. The van der Waals surface area contributed by atoms with E-state index < -0.39 is 11.9 Å². The SMILES string of the molecule is CCCOC1CN(c2nc(C(=O)O)c(C(=O)OCC)s2)CCC1NC(=O)c1nc(Cl)c(CC)[nH]1. The number of nitrogens with one attached hydrogen (secondary N) is 2. The number of carbonyl (C=O) groups is 3. The van der Waals surface area contributed by atoms with E-state index in [2.05, 4.69) is 20.3 Å². The zero-order valence-corrected chi connectivity index (χ0v) is 20.8. The Bertz CT molecular complexity index is 1040. The van der Waals surface area contributed by atoms with Crippen molar-refractivity contribution in [3.63, 3.8) is 0 Å². The van der Waals surface area contributed by atoms with Crippen LogP contribution in [0.15, 0.2) is 0 Å². The number of hydrogen-bond donors (Lipinski definition) is 3. The molecule has 0 bridgehead atoms. The summed E-state index contributed by atoms with van der Waals surface area (Å²) < 4.78 is 11.0. The van der Waals surface area contributed by atoms with E-state index in [4.69, 9.17) is 21.1 Å². The smallest absolute Gasteiger partial charge is 0.356 e. The number of aromatic nitrogens is 3. The highest BCUT2D eigenvalue weighted by Crippen LogP contribution is 2.30. The molecule has 0 spiro atoms. The summed E-state index contributed by atoms with van der Waals surface area (Å²) in [6.45, 7) is 7.00. The Balaban J connectivity index is 1.77. The number of carboxylic acids is 1. The minimum atomic E-state index is -1.30. The van der Waals surface area contributed by atoms with Crippen molar-refractivity contribution in [2.75, 3.05) is 31.2 Å². The topological polar surface area (TPSA) is 147 Å². The maximum absolute atomic E-state index is 12.8. The third-order valence-corrected chi connectivity index (χ3v) is 6.67. The first-order valence-corrected chi connectivity index (χ1v) is 12.3.